The lowest BCUT2D eigenvalue weighted by Crippen LogP contribution is -2.61. The monoisotopic (exact) mass is 371 g/mol. The fourth-order valence-corrected chi connectivity index (χ4v) is 4.62. The van der Waals surface area contributed by atoms with E-state index in [1.54, 1.807) is 0 Å². The van der Waals surface area contributed by atoms with Crippen LogP contribution in [0.15, 0.2) is 18.2 Å². The van der Waals surface area contributed by atoms with Gasteiger partial charge in [0.25, 0.3) is 0 Å². The van der Waals surface area contributed by atoms with Crippen LogP contribution < -0.4 is 10.1 Å². The van der Waals surface area contributed by atoms with Crippen LogP contribution >= 0.6 is 0 Å². The van der Waals surface area contributed by atoms with Gasteiger partial charge in [0.05, 0.1) is 6.54 Å². The molecule has 3 aliphatic rings. The van der Waals surface area contributed by atoms with Crippen LogP contribution in [0, 0.1) is 6.92 Å². The van der Waals surface area contributed by atoms with Crippen molar-refractivity contribution in [3.05, 3.63) is 29.3 Å². The predicted molar refractivity (Wildman–Crippen MR) is 103 cm³/mol. The minimum Gasteiger partial charge on any atom is -0.487 e. The number of nitrogens with zero attached hydrogens (tertiary/aromatic N) is 2. The lowest BCUT2D eigenvalue weighted by molar-refractivity contribution is -0.134. The Morgan fingerprint density at radius 1 is 1.30 bits per heavy atom. The van der Waals surface area contributed by atoms with Crippen molar-refractivity contribution in [1.82, 2.24) is 15.1 Å². The van der Waals surface area contributed by atoms with Crippen LogP contribution in [0.3, 0.4) is 0 Å². The summed E-state index contributed by atoms with van der Waals surface area (Å²) < 4.78 is 6.20. The number of Topliss-reactive ketones (excluding diaryl/α,β-unsaturated/α-hetero) is 1. The molecule has 2 fully saturated rings. The summed E-state index contributed by atoms with van der Waals surface area (Å²) in [5.41, 5.74) is 2.12. The maximum Gasteiger partial charge on any atom is 0.234 e. The van der Waals surface area contributed by atoms with Crippen LogP contribution in [0.5, 0.6) is 5.75 Å². The van der Waals surface area contributed by atoms with Crippen LogP contribution in [-0.4, -0.2) is 73.4 Å². The highest BCUT2D eigenvalue weighted by molar-refractivity contribution is 5.91. The molecule has 1 aromatic carbocycles. The third-order valence-electron chi connectivity index (χ3n) is 6.45. The molecule has 2 aliphatic heterocycles. The summed E-state index contributed by atoms with van der Waals surface area (Å²) in [7, 11) is 2.09. The molecule has 6 nitrogen and oxygen atoms in total. The van der Waals surface area contributed by atoms with Gasteiger partial charge in [0.2, 0.25) is 5.91 Å². The fraction of sp³-hybridized carbons (Fsp3) is 0.619. The van der Waals surface area contributed by atoms with E-state index in [0.717, 1.165) is 38.3 Å². The Kier molecular flexibility index (Phi) is 4.72. The summed E-state index contributed by atoms with van der Waals surface area (Å²) in [5, 5.41) is 3.00. The van der Waals surface area contributed by atoms with Crippen LogP contribution in [0.4, 0.5) is 0 Å². The van der Waals surface area contributed by atoms with Gasteiger partial charge in [0.15, 0.2) is 5.78 Å². The van der Waals surface area contributed by atoms with E-state index in [0.29, 0.717) is 13.0 Å². The second-order valence-corrected chi connectivity index (χ2v) is 8.55. The number of ether oxygens (including phenoxy) is 1. The minimum absolute atomic E-state index is 0.0775. The molecule has 2 heterocycles. The van der Waals surface area contributed by atoms with Gasteiger partial charge in [-0.15, -0.1) is 0 Å². The molecule has 0 bridgehead atoms. The maximum atomic E-state index is 12.7. The number of benzene rings is 1. The van der Waals surface area contributed by atoms with Crippen LogP contribution in [-0.2, 0) is 15.0 Å². The zero-order chi connectivity index (χ0) is 19.2. The number of hydrogen-bond donors (Lipinski definition) is 1. The van der Waals surface area contributed by atoms with Crippen molar-refractivity contribution < 1.29 is 14.3 Å². The first-order chi connectivity index (χ1) is 12.9. The molecule has 3 atom stereocenters. The quantitative estimate of drug-likeness (QED) is 0.862. The van der Waals surface area contributed by atoms with Crippen molar-refractivity contribution in [3.8, 4) is 5.75 Å². The summed E-state index contributed by atoms with van der Waals surface area (Å²) in [4.78, 5) is 29.7. The van der Waals surface area contributed by atoms with Gasteiger partial charge >= 0.3 is 0 Å². The molecular weight excluding hydrogens is 342 g/mol. The molecule has 1 aliphatic carbocycles. The number of piperazine rings is 1. The van der Waals surface area contributed by atoms with Gasteiger partial charge in [-0.2, -0.15) is 0 Å². The number of carbonyl (C=O) groups excluding carboxylic acids is 2. The lowest BCUT2D eigenvalue weighted by atomic mass is 9.67. The number of aryl methyl sites for hydroxylation is 1. The van der Waals surface area contributed by atoms with Crippen molar-refractivity contribution in [3.63, 3.8) is 0 Å². The zero-order valence-electron chi connectivity index (χ0n) is 16.5. The Balaban J connectivity index is 1.48. The van der Waals surface area contributed by atoms with Crippen molar-refractivity contribution in [2.24, 2.45) is 0 Å². The molecule has 6 heteroatoms. The third kappa shape index (κ3) is 3.36. The highest BCUT2D eigenvalue weighted by Gasteiger charge is 2.54. The van der Waals surface area contributed by atoms with Crippen molar-refractivity contribution in [1.29, 1.82) is 0 Å². The second-order valence-electron chi connectivity index (χ2n) is 8.55. The number of rotatable bonds is 3. The number of likely N-dealkylation sites (N-methyl/N-ethyl adjacent to an activating group) is 1. The number of hydrogen-bond acceptors (Lipinski definition) is 5. The zero-order valence-corrected chi connectivity index (χ0v) is 16.5. The van der Waals surface area contributed by atoms with Gasteiger partial charge in [0, 0.05) is 43.6 Å². The molecule has 1 saturated carbocycles. The predicted octanol–water partition coefficient (Wildman–Crippen LogP) is 1.11. The summed E-state index contributed by atoms with van der Waals surface area (Å²) in [6.45, 7) is 8.26. The summed E-state index contributed by atoms with van der Waals surface area (Å²) in [5.74, 6) is 0.840. The standard InChI is InChI=1S/C21H29N3O3/c1-14-4-5-17-15(12-14)21(2)7-6-16(25)19(20(21)27-17)22-18(26)13-24-10-8-23(3)9-11-24/h4-5,12,19-20H,6-11,13H2,1-3H3,(H,22,26)/t19-,20-,21-/m0/s1. The minimum atomic E-state index is -0.573. The van der Waals surface area contributed by atoms with Crippen LogP contribution in [0.2, 0.25) is 0 Å². The van der Waals surface area contributed by atoms with Crippen LogP contribution in [0.25, 0.3) is 0 Å². The molecule has 0 unspecified atom stereocenters. The smallest absolute Gasteiger partial charge is 0.234 e. The van der Waals surface area contributed by atoms with Crippen LogP contribution in [0.1, 0.15) is 30.9 Å². The van der Waals surface area contributed by atoms with E-state index in [-0.39, 0.29) is 23.2 Å². The molecule has 146 valence electrons. The van der Waals surface area contributed by atoms with Crippen molar-refractivity contribution in [2.45, 2.75) is 44.2 Å². The van der Waals surface area contributed by atoms with Gasteiger partial charge in [0.1, 0.15) is 17.9 Å². The number of carbonyl (C=O) groups is 2. The van der Waals surface area contributed by atoms with Crippen molar-refractivity contribution in [2.75, 3.05) is 39.8 Å². The van der Waals surface area contributed by atoms with Gasteiger partial charge in [-0.1, -0.05) is 24.6 Å². The molecule has 1 N–H and O–H groups in total. The molecule has 1 amide bonds. The molecular formula is C21H29N3O3. The van der Waals surface area contributed by atoms with Gasteiger partial charge in [-0.25, -0.2) is 0 Å². The van der Waals surface area contributed by atoms with E-state index in [4.69, 9.17) is 4.74 Å². The number of nitrogens with one attached hydrogen (secondary N) is 1. The lowest BCUT2D eigenvalue weighted by Gasteiger charge is -2.40. The Morgan fingerprint density at radius 2 is 2.04 bits per heavy atom. The Hall–Kier alpha value is -1.92. The van der Waals surface area contributed by atoms with Gasteiger partial charge < -0.3 is 15.0 Å². The first-order valence-electron chi connectivity index (χ1n) is 9.87. The molecule has 0 aromatic heterocycles. The van der Waals surface area contributed by atoms with Crippen molar-refractivity contribution >= 4 is 11.7 Å². The SMILES string of the molecule is Cc1ccc2c(c1)[C@]1(C)CCC(=O)[C@H](NC(=O)CN3CCN(C)CC3)[C@@H]1O2. The van der Waals surface area contributed by atoms with E-state index in [2.05, 4.69) is 42.1 Å². The number of ketones is 1. The average Bonchev–Trinajstić information content (AvgIpc) is 2.93. The van der Waals surface area contributed by atoms with E-state index in [1.165, 1.54) is 11.1 Å². The highest BCUT2D eigenvalue weighted by Crippen LogP contribution is 2.49. The van der Waals surface area contributed by atoms with Gasteiger partial charge in [-0.3, -0.25) is 14.5 Å². The van der Waals surface area contributed by atoms with E-state index in [9.17, 15) is 9.59 Å². The molecule has 1 aromatic rings. The number of fused-ring (bicyclic) bond motifs is 3. The molecule has 4 rings (SSSR count). The number of amides is 1. The Morgan fingerprint density at radius 3 is 2.78 bits per heavy atom. The average molecular weight is 371 g/mol. The summed E-state index contributed by atoms with van der Waals surface area (Å²) >= 11 is 0. The molecule has 1 saturated heterocycles. The first-order valence-corrected chi connectivity index (χ1v) is 9.87. The summed E-state index contributed by atoms with van der Waals surface area (Å²) in [6.07, 6.45) is 0.910. The molecule has 0 radical (unpaired) electrons. The van der Waals surface area contributed by atoms with E-state index >= 15 is 0 Å². The van der Waals surface area contributed by atoms with Gasteiger partial charge in [-0.05, 0) is 26.5 Å². The Bertz CT molecular complexity index is 757. The second kappa shape index (κ2) is 6.91. The van der Waals surface area contributed by atoms with E-state index in [1.807, 2.05) is 12.1 Å². The maximum absolute atomic E-state index is 12.7. The largest absolute Gasteiger partial charge is 0.487 e. The Labute approximate surface area is 160 Å². The summed E-state index contributed by atoms with van der Waals surface area (Å²) in [6, 6.07) is 5.61. The third-order valence-corrected chi connectivity index (χ3v) is 6.45. The molecule has 0 spiro atoms. The normalized spacial score (nSPS) is 31.1. The molecule has 27 heavy (non-hydrogen) atoms. The topological polar surface area (TPSA) is 61.9 Å². The fourth-order valence-electron chi connectivity index (χ4n) is 4.62. The van der Waals surface area contributed by atoms with E-state index < -0.39 is 6.04 Å². The highest BCUT2D eigenvalue weighted by atomic mass is 16.5. The first kappa shape index (κ1) is 18.4.